The number of halogens is 3. The van der Waals surface area contributed by atoms with E-state index in [1.807, 2.05) is 0 Å². The molecule has 1 aromatic carbocycles. The molecule has 0 N–H and O–H groups in total. The van der Waals surface area contributed by atoms with Gasteiger partial charge in [-0.25, -0.2) is 9.97 Å². The lowest BCUT2D eigenvalue weighted by Crippen LogP contribution is -2.08. The third kappa shape index (κ3) is 4.21. The minimum Gasteiger partial charge on any atom is -0.318 e. The van der Waals surface area contributed by atoms with Gasteiger partial charge in [0.25, 0.3) is 0 Å². The number of hydrogen-bond donors (Lipinski definition) is 0. The number of nitrogens with zero attached hydrogens (tertiary/aromatic N) is 3. The lowest BCUT2D eigenvalue weighted by atomic mass is 10.1. The van der Waals surface area contributed by atoms with Crippen LogP contribution < -0.4 is 0 Å². The van der Waals surface area contributed by atoms with Crippen LogP contribution in [0.4, 0.5) is 13.2 Å². The van der Waals surface area contributed by atoms with Crippen molar-refractivity contribution < 1.29 is 18.0 Å². The fraction of sp³-hybridized carbons (Fsp3) is 0.211. The van der Waals surface area contributed by atoms with Gasteiger partial charge in [-0.15, -0.1) is 0 Å². The van der Waals surface area contributed by atoms with Gasteiger partial charge in [0.05, 0.1) is 11.3 Å². The van der Waals surface area contributed by atoms with E-state index in [0.29, 0.717) is 27.8 Å². The Labute approximate surface area is 158 Å². The van der Waals surface area contributed by atoms with E-state index in [1.165, 1.54) is 17.8 Å². The summed E-state index contributed by atoms with van der Waals surface area (Å²) in [4.78, 5) is 20.7. The van der Waals surface area contributed by atoms with E-state index in [-0.39, 0.29) is 11.5 Å². The summed E-state index contributed by atoms with van der Waals surface area (Å²) in [6.45, 7) is 3.49. The molecule has 0 atom stereocenters. The molecule has 0 fully saturated rings. The van der Waals surface area contributed by atoms with Crippen LogP contribution in [0.2, 0.25) is 0 Å². The number of Topliss-reactive ketones (excluding diaryl/α,β-unsaturated/α-hetero) is 1. The maximum Gasteiger partial charge on any atom is 0.416 e. The van der Waals surface area contributed by atoms with E-state index in [0.717, 1.165) is 12.1 Å². The molecule has 2 aromatic heterocycles. The zero-order valence-corrected chi connectivity index (χ0v) is 15.4. The molecule has 0 saturated heterocycles. The number of carbonyl (C=O) groups excluding carboxylic acids is 1. The van der Waals surface area contributed by atoms with Crippen molar-refractivity contribution in [1.29, 1.82) is 0 Å². The molecule has 0 aliphatic rings. The number of hydrogen-bond acceptors (Lipinski definition) is 4. The number of alkyl halides is 3. The Kier molecular flexibility index (Phi) is 5.36. The molecule has 0 spiro atoms. The van der Waals surface area contributed by atoms with Crippen molar-refractivity contribution in [3.05, 3.63) is 71.3 Å². The van der Waals surface area contributed by atoms with Crippen LogP contribution in [0.5, 0.6) is 0 Å². The number of aromatic nitrogens is 3. The average molecular weight is 391 g/mol. The summed E-state index contributed by atoms with van der Waals surface area (Å²) in [5, 5.41) is 0.498. The average Bonchev–Trinajstić information content (AvgIpc) is 2.94. The molecule has 0 radical (unpaired) electrons. The van der Waals surface area contributed by atoms with Gasteiger partial charge < -0.3 is 4.57 Å². The van der Waals surface area contributed by atoms with Crippen molar-refractivity contribution in [2.24, 2.45) is 0 Å². The lowest BCUT2D eigenvalue weighted by molar-refractivity contribution is -0.137. The Morgan fingerprint density at radius 2 is 1.81 bits per heavy atom. The molecule has 27 heavy (non-hydrogen) atoms. The third-order valence-electron chi connectivity index (χ3n) is 4.04. The lowest BCUT2D eigenvalue weighted by Gasteiger charge is -2.13. The molecule has 8 heteroatoms. The van der Waals surface area contributed by atoms with E-state index in [9.17, 15) is 18.0 Å². The van der Waals surface area contributed by atoms with Crippen LogP contribution >= 0.6 is 11.8 Å². The van der Waals surface area contributed by atoms with Crippen LogP contribution in [-0.2, 0) is 6.18 Å². The van der Waals surface area contributed by atoms with Crippen LogP contribution in [0.25, 0.3) is 5.69 Å². The van der Waals surface area contributed by atoms with Gasteiger partial charge in [-0.1, -0.05) is 17.8 Å². The van der Waals surface area contributed by atoms with E-state index < -0.39 is 11.7 Å². The molecule has 2 heterocycles. The predicted octanol–water partition coefficient (Wildman–Crippen LogP) is 4.88. The van der Waals surface area contributed by atoms with E-state index >= 15 is 0 Å². The van der Waals surface area contributed by atoms with Gasteiger partial charge >= 0.3 is 6.18 Å². The number of carbonyl (C=O) groups is 1. The first kappa shape index (κ1) is 19.2. The smallest absolute Gasteiger partial charge is 0.318 e. The Morgan fingerprint density at radius 3 is 2.48 bits per heavy atom. The Morgan fingerprint density at radius 1 is 1.11 bits per heavy atom. The van der Waals surface area contributed by atoms with E-state index in [2.05, 4.69) is 9.97 Å². The number of aryl methyl sites for hydroxylation is 1. The normalized spacial score (nSPS) is 11.6. The minimum atomic E-state index is -4.42. The molecule has 0 aliphatic heterocycles. The second-order valence-electron chi connectivity index (χ2n) is 5.91. The van der Waals surface area contributed by atoms with Gasteiger partial charge in [-0.3, -0.25) is 4.79 Å². The molecule has 0 aliphatic carbocycles. The minimum absolute atomic E-state index is 0.126. The number of rotatable bonds is 5. The molecule has 0 saturated carbocycles. The number of thioether (sulfide) groups is 1. The van der Waals surface area contributed by atoms with Gasteiger partial charge in [0.2, 0.25) is 0 Å². The first-order valence-electron chi connectivity index (χ1n) is 8.07. The predicted molar refractivity (Wildman–Crippen MR) is 97.3 cm³/mol. The molecule has 140 valence electrons. The highest BCUT2D eigenvalue weighted by Crippen LogP contribution is 2.31. The molecule has 3 rings (SSSR count). The summed E-state index contributed by atoms with van der Waals surface area (Å²) in [7, 11) is 0. The molecule has 0 amide bonds. The van der Waals surface area contributed by atoms with E-state index in [1.54, 1.807) is 49.0 Å². The highest BCUT2D eigenvalue weighted by atomic mass is 32.2. The number of benzene rings is 1. The van der Waals surface area contributed by atoms with Gasteiger partial charge in [0, 0.05) is 35.0 Å². The van der Waals surface area contributed by atoms with Gasteiger partial charge in [-0.05, 0) is 44.2 Å². The molecule has 4 nitrogen and oxygen atoms in total. The molecular formula is C19H16F3N3OS. The highest BCUT2D eigenvalue weighted by molar-refractivity contribution is 7.99. The van der Waals surface area contributed by atoms with E-state index in [4.69, 9.17) is 0 Å². The Bertz CT molecular complexity index is 968. The maximum absolute atomic E-state index is 13.0. The fourth-order valence-corrected chi connectivity index (χ4v) is 3.52. The van der Waals surface area contributed by atoms with Gasteiger partial charge in [0.1, 0.15) is 0 Å². The Balaban J connectivity index is 1.88. The summed E-state index contributed by atoms with van der Waals surface area (Å²) >= 11 is 1.22. The van der Waals surface area contributed by atoms with Crippen molar-refractivity contribution in [3.8, 4) is 5.69 Å². The van der Waals surface area contributed by atoms with Crippen LogP contribution in [-0.4, -0.2) is 26.1 Å². The third-order valence-corrected chi connectivity index (χ3v) is 4.91. The largest absolute Gasteiger partial charge is 0.416 e. The van der Waals surface area contributed by atoms with Crippen LogP contribution in [0.3, 0.4) is 0 Å². The fourth-order valence-electron chi connectivity index (χ4n) is 2.83. The van der Waals surface area contributed by atoms with Gasteiger partial charge in [-0.2, -0.15) is 13.2 Å². The summed E-state index contributed by atoms with van der Waals surface area (Å²) in [5.74, 6) is 0.0236. The second-order valence-corrected chi connectivity index (χ2v) is 6.85. The van der Waals surface area contributed by atoms with Crippen LogP contribution in [0.15, 0.2) is 53.9 Å². The monoisotopic (exact) mass is 391 g/mol. The zero-order valence-electron chi connectivity index (χ0n) is 14.6. The van der Waals surface area contributed by atoms with Crippen LogP contribution in [0.1, 0.15) is 27.3 Å². The van der Waals surface area contributed by atoms with Crippen molar-refractivity contribution >= 4 is 17.5 Å². The quantitative estimate of drug-likeness (QED) is 0.353. The standard InChI is InChI=1S/C19H16F3N3OS/c1-12-9-16(17(26)11-27-18-23-7-4-8-24-18)13(2)25(12)15-6-3-5-14(10-15)19(20,21)22/h3-10H,11H2,1-2H3. The number of ketones is 1. The van der Waals surface area contributed by atoms with Crippen molar-refractivity contribution in [2.75, 3.05) is 5.75 Å². The Hall–Kier alpha value is -2.61. The van der Waals surface area contributed by atoms with Crippen molar-refractivity contribution in [3.63, 3.8) is 0 Å². The highest BCUT2D eigenvalue weighted by Gasteiger charge is 2.30. The summed E-state index contributed by atoms with van der Waals surface area (Å²) in [6.07, 6.45) is -1.23. The maximum atomic E-state index is 13.0. The zero-order chi connectivity index (χ0) is 19.6. The summed E-state index contributed by atoms with van der Waals surface area (Å²) in [5.41, 5.74) is 1.42. The molecule has 0 unspecified atom stereocenters. The molecule has 3 aromatic rings. The van der Waals surface area contributed by atoms with Crippen LogP contribution in [0, 0.1) is 13.8 Å². The molecule has 0 bridgehead atoms. The second kappa shape index (κ2) is 7.56. The van der Waals surface area contributed by atoms with Gasteiger partial charge in [0.15, 0.2) is 10.9 Å². The summed E-state index contributed by atoms with van der Waals surface area (Å²) in [6, 6.07) is 8.46. The molecular weight excluding hydrogens is 375 g/mol. The SMILES string of the molecule is Cc1cc(C(=O)CSc2ncccn2)c(C)n1-c1cccc(C(F)(F)F)c1. The topological polar surface area (TPSA) is 47.8 Å². The first-order chi connectivity index (χ1) is 12.8. The van der Waals surface area contributed by atoms with Crippen molar-refractivity contribution in [2.45, 2.75) is 25.2 Å². The first-order valence-corrected chi connectivity index (χ1v) is 9.05. The van der Waals surface area contributed by atoms with Crippen molar-refractivity contribution in [1.82, 2.24) is 14.5 Å². The summed E-state index contributed by atoms with van der Waals surface area (Å²) < 4.78 is 40.7.